The summed E-state index contributed by atoms with van der Waals surface area (Å²) in [6.45, 7) is 26.3. The van der Waals surface area contributed by atoms with Gasteiger partial charge in [0.2, 0.25) is 0 Å². The molecule has 41 heavy (non-hydrogen) atoms. The van der Waals surface area contributed by atoms with Gasteiger partial charge in [0, 0.05) is 0 Å². The molecule has 1 aromatic rings. The summed E-state index contributed by atoms with van der Waals surface area (Å²) in [5.41, 5.74) is 4.23. The van der Waals surface area contributed by atoms with Gasteiger partial charge in [0.1, 0.15) is 5.75 Å². The summed E-state index contributed by atoms with van der Waals surface area (Å²) >= 11 is 0. The van der Waals surface area contributed by atoms with E-state index in [0.29, 0.717) is 0 Å². The molecule has 0 saturated carbocycles. The molecule has 3 atom stereocenters. The van der Waals surface area contributed by atoms with Crippen molar-refractivity contribution in [2.45, 2.75) is 165 Å². The van der Waals surface area contributed by atoms with Gasteiger partial charge in [0.05, 0.1) is 6.61 Å². The lowest BCUT2D eigenvalue weighted by atomic mass is 9.90. The van der Waals surface area contributed by atoms with Crippen molar-refractivity contribution in [1.29, 1.82) is 0 Å². The van der Waals surface area contributed by atoms with Crippen LogP contribution in [0.15, 0.2) is 18.7 Å². The third kappa shape index (κ3) is 18.8. The number of rotatable bonds is 25. The molecule has 0 aliphatic rings. The Kier molecular flexibility index (Phi) is 20.6. The molecule has 0 aliphatic heterocycles. The number of hydrogen-bond acceptors (Lipinski definition) is 1. The SMILES string of the molecule is C=Cc1cc(CCCC(C)CCCC(C)C)c(CCCC(C)CCCC(C)C)c(OCCC(C)CCCC(C)C)c1. The van der Waals surface area contributed by atoms with Gasteiger partial charge in [-0.2, -0.15) is 0 Å². The molecule has 0 spiro atoms. The lowest BCUT2D eigenvalue weighted by molar-refractivity contribution is 0.272. The van der Waals surface area contributed by atoms with E-state index in [1.165, 1.54) is 100 Å². The van der Waals surface area contributed by atoms with E-state index in [1.54, 1.807) is 0 Å². The van der Waals surface area contributed by atoms with Crippen LogP contribution in [0.3, 0.4) is 0 Å². The molecule has 0 saturated heterocycles. The van der Waals surface area contributed by atoms with E-state index in [4.69, 9.17) is 4.74 Å². The Morgan fingerprint density at radius 1 is 0.561 bits per heavy atom. The molecule has 0 N–H and O–H groups in total. The summed E-state index contributed by atoms with van der Waals surface area (Å²) in [6, 6.07) is 4.69. The first kappa shape index (κ1) is 37.8. The highest BCUT2D eigenvalue weighted by Gasteiger charge is 2.15. The highest BCUT2D eigenvalue weighted by atomic mass is 16.5. The zero-order chi connectivity index (χ0) is 30.6. The van der Waals surface area contributed by atoms with E-state index < -0.39 is 0 Å². The Balaban J connectivity index is 2.88. The second kappa shape index (κ2) is 22.3. The molecule has 1 rings (SSSR count). The Morgan fingerprint density at radius 3 is 1.46 bits per heavy atom. The maximum atomic E-state index is 6.62. The van der Waals surface area contributed by atoms with Crippen molar-refractivity contribution in [2.24, 2.45) is 35.5 Å². The molecule has 1 heteroatoms. The molecule has 0 fully saturated rings. The minimum Gasteiger partial charge on any atom is -0.493 e. The zero-order valence-electron chi connectivity index (χ0n) is 29.3. The molecule has 0 amide bonds. The van der Waals surface area contributed by atoms with Crippen LogP contribution in [0.1, 0.15) is 169 Å². The monoisotopic (exact) mass is 569 g/mol. The van der Waals surface area contributed by atoms with Crippen molar-refractivity contribution in [3.05, 3.63) is 35.4 Å². The zero-order valence-corrected chi connectivity index (χ0v) is 29.3. The smallest absolute Gasteiger partial charge is 0.123 e. The highest BCUT2D eigenvalue weighted by Crippen LogP contribution is 2.31. The highest BCUT2D eigenvalue weighted by molar-refractivity contribution is 5.55. The van der Waals surface area contributed by atoms with Crippen LogP contribution in [0.5, 0.6) is 5.75 Å². The van der Waals surface area contributed by atoms with E-state index >= 15 is 0 Å². The van der Waals surface area contributed by atoms with Gasteiger partial charge in [-0.15, -0.1) is 0 Å². The van der Waals surface area contributed by atoms with Crippen molar-refractivity contribution >= 4 is 6.08 Å². The summed E-state index contributed by atoms with van der Waals surface area (Å²) in [4.78, 5) is 0. The summed E-state index contributed by atoms with van der Waals surface area (Å²) < 4.78 is 6.62. The van der Waals surface area contributed by atoms with Crippen LogP contribution in [0.4, 0.5) is 0 Å². The topological polar surface area (TPSA) is 9.23 Å². The minimum atomic E-state index is 0.725. The van der Waals surface area contributed by atoms with Gasteiger partial charge < -0.3 is 4.74 Å². The number of hydrogen-bond donors (Lipinski definition) is 0. The van der Waals surface area contributed by atoms with Gasteiger partial charge in [0.15, 0.2) is 0 Å². The van der Waals surface area contributed by atoms with Crippen LogP contribution in [-0.2, 0) is 12.8 Å². The van der Waals surface area contributed by atoms with Crippen molar-refractivity contribution < 1.29 is 4.74 Å². The van der Waals surface area contributed by atoms with Crippen molar-refractivity contribution in [2.75, 3.05) is 6.61 Å². The van der Waals surface area contributed by atoms with E-state index in [9.17, 15) is 0 Å². The first-order chi connectivity index (χ1) is 19.5. The Labute approximate surface area is 258 Å². The molecule has 0 aromatic heterocycles. The van der Waals surface area contributed by atoms with Crippen LogP contribution in [-0.4, -0.2) is 6.61 Å². The fourth-order valence-electron chi connectivity index (χ4n) is 6.18. The van der Waals surface area contributed by atoms with Gasteiger partial charge in [0.25, 0.3) is 0 Å². The molecule has 1 nitrogen and oxygen atoms in total. The molecular weight excluding hydrogens is 496 g/mol. The van der Waals surface area contributed by atoms with Crippen LogP contribution < -0.4 is 4.74 Å². The van der Waals surface area contributed by atoms with Crippen molar-refractivity contribution in [3.63, 3.8) is 0 Å². The predicted octanol–water partition coefficient (Wildman–Crippen LogP) is 13.1. The first-order valence-electron chi connectivity index (χ1n) is 17.9. The normalized spacial score (nSPS) is 14.1. The second-order valence-corrected chi connectivity index (χ2v) is 15.1. The number of benzene rings is 1. The minimum absolute atomic E-state index is 0.725. The molecule has 0 aliphatic carbocycles. The Hall–Kier alpha value is -1.24. The summed E-state index contributed by atoms with van der Waals surface area (Å²) in [7, 11) is 0. The third-order valence-corrected chi connectivity index (χ3v) is 9.13. The Bertz CT molecular complexity index is 741. The summed E-state index contributed by atoms with van der Waals surface area (Å²) in [6.07, 6.45) is 22.9. The van der Waals surface area contributed by atoms with E-state index in [1.807, 2.05) is 6.08 Å². The van der Waals surface area contributed by atoms with Crippen molar-refractivity contribution in [3.8, 4) is 5.75 Å². The summed E-state index contributed by atoms with van der Waals surface area (Å²) in [5.74, 6) is 5.95. The average molecular weight is 569 g/mol. The van der Waals surface area contributed by atoms with E-state index in [0.717, 1.165) is 67.1 Å². The van der Waals surface area contributed by atoms with Gasteiger partial charge in [-0.25, -0.2) is 0 Å². The van der Waals surface area contributed by atoms with Crippen LogP contribution >= 0.6 is 0 Å². The summed E-state index contributed by atoms with van der Waals surface area (Å²) in [5, 5.41) is 0. The lowest BCUT2D eigenvalue weighted by Crippen LogP contribution is -2.08. The lowest BCUT2D eigenvalue weighted by Gasteiger charge is -2.20. The van der Waals surface area contributed by atoms with E-state index in [-0.39, 0.29) is 0 Å². The van der Waals surface area contributed by atoms with Crippen LogP contribution in [0, 0.1) is 35.5 Å². The first-order valence-corrected chi connectivity index (χ1v) is 17.9. The quantitative estimate of drug-likeness (QED) is 0.114. The standard InChI is InChI=1S/C40H72O/c1-11-37-29-38(25-15-23-34(8)20-12-17-31(2)3)39(26-16-24-35(9)21-13-18-32(4)5)40(30-37)41-28-27-36(10)22-14-19-33(6)7/h11,29-36H,1,12-28H2,2-10H3. The molecule has 3 unspecified atom stereocenters. The van der Waals surface area contributed by atoms with Gasteiger partial charge in [-0.3, -0.25) is 0 Å². The number of aryl methyl sites for hydroxylation is 1. The van der Waals surface area contributed by atoms with E-state index in [2.05, 4.69) is 81.0 Å². The maximum absolute atomic E-state index is 6.62. The molecule has 1 aromatic carbocycles. The second-order valence-electron chi connectivity index (χ2n) is 15.1. The molecule has 238 valence electrons. The average Bonchev–Trinajstić information content (AvgIpc) is 2.89. The van der Waals surface area contributed by atoms with Gasteiger partial charge in [-0.05, 0) is 90.4 Å². The van der Waals surface area contributed by atoms with Gasteiger partial charge in [-0.1, -0.05) is 152 Å². The molecule has 0 heterocycles. The fraction of sp³-hybridized carbons (Fsp3) is 0.800. The van der Waals surface area contributed by atoms with Crippen LogP contribution in [0.25, 0.3) is 6.08 Å². The largest absolute Gasteiger partial charge is 0.493 e. The van der Waals surface area contributed by atoms with Crippen molar-refractivity contribution in [1.82, 2.24) is 0 Å². The maximum Gasteiger partial charge on any atom is 0.123 e. The number of ether oxygens (including phenoxy) is 1. The molecular formula is C40H72O. The fourth-order valence-corrected chi connectivity index (χ4v) is 6.18. The predicted molar refractivity (Wildman–Crippen MR) is 186 cm³/mol. The Morgan fingerprint density at radius 2 is 1.00 bits per heavy atom. The third-order valence-electron chi connectivity index (χ3n) is 9.13. The molecule has 0 bridgehead atoms. The molecule has 0 radical (unpaired) electrons. The van der Waals surface area contributed by atoms with Gasteiger partial charge >= 0.3 is 0 Å². The van der Waals surface area contributed by atoms with Crippen LogP contribution in [0.2, 0.25) is 0 Å².